The summed E-state index contributed by atoms with van der Waals surface area (Å²) in [5.74, 6) is 0. The zero-order chi connectivity index (χ0) is 7.40. The first-order valence-corrected chi connectivity index (χ1v) is 5.03. The molecule has 0 fully saturated rings. The second kappa shape index (κ2) is 4.19. The third-order valence-corrected chi connectivity index (χ3v) is 2.05. The van der Waals surface area contributed by atoms with Crippen molar-refractivity contribution < 1.29 is 0 Å². The Morgan fingerprint density at radius 1 is 1.40 bits per heavy atom. The summed E-state index contributed by atoms with van der Waals surface area (Å²) in [4.78, 5) is 0. The molecule has 0 aliphatic rings. The molecule has 0 aliphatic carbocycles. The Hall–Kier alpha value is 0.240. The summed E-state index contributed by atoms with van der Waals surface area (Å²) in [6.45, 7) is 0. The van der Waals surface area contributed by atoms with Gasteiger partial charge in [-0.2, -0.15) is 0 Å². The van der Waals surface area contributed by atoms with Gasteiger partial charge in [0.15, 0.2) is 0 Å². The van der Waals surface area contributed by atoms with E-state index in [-0.39, 0.29) is 0 Å². The molecule has 1 aromatic rings. The van der Waals surface area contributed by atoms with Gasteiger partial charge in [-0.15, -0.1) is 0 Å². The van der Waals surface area contributed by atoms with Crippen molar-refractivity contribution in [3.05, 3.63) is 34.9 Å². The van der Waals surface area contributed by atoms with Gasteiger partial charge < -0.3 is 0 Å². The van der Waals surface area contributed by atoms with Crippen LogP contribution in [0, 0.1) is 0 Å². The maximum absolute atomic E-state index is 5.78. The van der Waals surface area contributed by atoms with Gasteiger partial charge in [0.1, 0.15) is 0 Å². The van der Waals surface area contributed by atoms with Crippen LogP contribution in [0.15, 0.2) is 24.3 Å². The van der Waals surface area contributed by atoms with Crippen LogP contribution in [0.4, 0.5) is 0 Å². The largest absolute Gasteiger partial charge is 0.0860 e. The van der Waals surface area contributed by atoms with Gasteiger partial charge in [0, 0.05) is 9.45 Å². The highest BCUT2D eigenvalue weighted by Crippen LogP contribution is 2.11. The molecule has 0 aromatic heterocycles. The number of hydrogen-bond acceptors (Lipinski definition) is 0. The third kappa shape index (κ3) is 2.46. The first-order chi connectivity index (χ1) is 4.83. The van der Waals surface area contributed by atoms with E-state index >= 15 is 0 Å². The van der Waals surface area contributed by atoms with Gasteiger partial charge in [-0.25, -0.2) is 0 Å². The number of aryl methyl sites for hydroxylation is 1. The fraction of sp³-hybridized carbons (Fsp3) is 0.250. The minimum absolute atomic E-state index is 0.836. The van der Waals surface area contributed by atoms with Crippen LogP contribution in [-0.2, 0) is 6.42 Å². The Balaban J connectivity index is 2.75. The average Bonchev–Trinajstić information content (AvgIpc) is 1.88. The molecule has 0 atom stereocenters. The average molecular weight is 267 g/mol. The smallest absolute Gasteiger partial charge is 0.0408 e. The Kier molecular flexibility index (Phi) is 3.49. The molecule has 54 valence electrons. The number of benzene rings is 1. The zero-order valence-corrected chi connectivity index (χ0v) is 8.39. The first kappa shape index (κ1) is 8.34. The van der Waals surface area contributed by atoms with Crippen molar-refractivity contribution in [1.82, 2.24) is 0 Å². The summed E-state index contributed by atoms with van der Waals surface area (Å²) in [6.07, 6.45) is 1.11. The second-order valence-corrected chi connectivity index (χ2v) is 3.58. The van der Waals surface area contributed by atoms with Gasteiger partial charge in [-0.1, -0.05) is 46.3 Å². The molecule has 0 radical (unpaired) electrons. The number of alkyl halides is 1. The lowest BCUT2D eigenvalue weighted by Crippen LogP contribution is -1.83. The van der Waals surface area contributed by atoms with Crippen molar-refractivity contribution in [2.24, 2.45) is 0 Å². The van der Waals surface area contributed by atoms with E-state index in [9.17, 15) is 0 Å². The minimum Gasteiger partial charge on any atom is -0.0860 e. The van der Waals surface area contributed by atoms with Crippen LogP contribution >= 0.6 is 34.2 Å². The molecule has 2 heteroatoms. The first-order valence-electron chi connectivity index (χ1n) is 3.13. The fourth-order valence-corrected chi connectivity index (χ4v) is 1.64. The molecule has 0 N–H and O–H groups in total. The van der Waals surface area contributed by atoms with Crippen molar-refractivity contribution in [3.8, 4) is 0 Å². The van der Waals surface area contributed by atoms with Crippen LogP contribution in [0.3, 0.4) is 0 Å². The molecule has 0 saturated carbocycles. The summed E-state index contributed by atoms with van der Waals surface area (Å²) in [5, 5.41) is 0.836. The van der Waals surface area contributed by atoms with Gasteiger partial charge in [0.2, 0.25) is 0 Å². The summed E-state index contributed by atoms with van der Waals surface area (Å²) < 4.78 is 1.15. The van der Waals surface area contributed by atoms with E-state index in [1.54, 1.807) is 0 Å². The Morgan fingerprint density at radius 3 is 2.80 bits per heavy atom. The maximum Gasteiger partial charge on any atom is 0.0408 e. The lowest BCUT2D eigenvalue weighted by Gasteiger charge is -1.96. The fourth-order valence-electron chi connectivity index (χ4n) is 0.802. The predicted octanol–water partition coefficient (Wildman–Crippen LogP) is 3.32. The highest BCUT2D eigenvalue weighted by Gasteiger charge is 1.90. The molecule has 0 amide bonds. The molecule has 10 heavy (non-hydrogen) atoms. The number of halogens is 2. The Bertz CT molecular complexity index is 210. The SMILES string of the molecule is Clc1cccc(CCI)c1. The predicted molar refractivity (Wildman–Crippen MR) is 54.0 cm³/mol. The van der Waals surface area contributed by atoms with Crippen LogP contribution in [0.2, 0.25) is 5.02 Å². The molecule has 0 unspecified atom stereocenters. The molecule has 1 rings (SSSR count). The van der Waals surface area contributed by atoms with E-state index in [0.717, 1.165) is 15.9 Å². The quantitative estimate of drug-likeness (QED) is 0.569. The highest BCUT2D eigenvalue weighted by molar-refractivity contribution is 14.1. The van der Waals surface area contributed by atoms with Crippen molar-refractivity contribution >= 4 is 34.2 Å². The molecule has 0 saturated heterocycles. The standard InChI is InChI=1S/C8H8ClI/c9-8-3-1-2-7(6-8)4-5-10/h1-3,6H,4-5H2. The molecule has 0 bridgehead atoms. The van der Waals surface area contributed by atoms with Gasteiger partial charge >= 0.3 is 0 Å². The van der Waals surface area contributed by atoms with E-state index in [4.69, 9.17) is 11.6 Å². The highest BCUT2D eigenvalue weighted by atomic mass is 127. The summed E-state index contributed by atoms with van der Waals surface area (Å²) in [5.41, 5.74) is 1.32. The lowest BCUT2D eigenvalue weighted by atomic mass is 10.2. The van der Waals surface area contributed by atoms with E-state index in [0.29, 0.717) is 0 Å². The van der Waals surface area contributed by atoms with E-state index in [1.165, 1.54) is 5.56 Å². The molecule has 0 heterocycles. The summed E-state index contributed by atoms with van der Waals surface area (Å²) in [6, 6.07) is 8.01. The van der Waals surface area contributed by atoms with Gasteiger partial charge in [-0.3, -0.25) is 0 Å². The van der Waals surface area contributed by atoms with E-state index in [1.807, 2.05) is 18.2 Å². The van der Waals surface area contributed by atoms with Gasteiger partial charge in [-0.05, 0) is 24.1 Å². The normalized spacial score (nSPS) is 9.80. The molecule has 0 nitrogen and oxygen atoms in total. The van der Waals surface area contributed by atoms with Crippen LogP contribution < -0.4 is 0 Å². The second-order valence-electron chi connectivity index (χ2n) is 2.07. The van der Waals surface area contributed by atoms with Crippen LogP contribution in [-0.4, -0.2) is 4.43 Å². The number of rotatable bonds is 2. The monoisotopic (exact) mass is 266 g/mol. The lowest BCUT2D eigenvalue weighted by molar-refractivity contribution is 1.18. The zero-order valence-electron chi connectivity index (χ0n) is 5.48. The molecule has 1 aromatic carbocycles. The number of hydrogen-bond donors (Lipinski definition) is 0. The summed E-state index contributed by atoms with van der Waals surface area (Å²) in [7, 11) is 0. The third-order valence-electron chi connectivity index (χ3n) is 1.27. The topological polar surface area (TPSA) is 0 Å². The molecule has 0 spiro atoms. The molecular weight excluding hydrogens is 258 g/mol. The van der Waals surface area contributed by atoms with Crippen molar-refractivity contribution in [1.29, 1.82) is 0 Å². The molecule has 0 aliphatic heterocycles. The Labute approximate surface area is 79.7 Å². The van der Waals surface area contributed by atoms with Crippen LogP contribution in [0.25, 0.3) is 0 Å². The van der Waals surface area contributed by atoms with Crippen LogP contribution in [0.1, 0.15) is 5.56 Å². The molecular formula is C8H8ClI. The van der Waals surface area contributed by atoms with Crippen LogP contribution in [0.5, 0.6) is 0 Å². The van der Waals surface area contributed by atoms with Crippen molar-refractivity contribution in [2.45, 2.75) is 6.42 Å². The summed E-state index contributed by atoms with van der Waals surface area (Å²) >= 11 is 8.14. The van der Waals surface area contributed by atoms with Crippen molar-refractivity contribution in [3.63, 3.8) is 0 Å². The Morgan fingerprint density at radius 2 is 2.20 bits per heavy atom. The van der Waals surface area contributed by atoms with Gasteiger partial charge in [0.05, 0.1) is 0 Å². The van der Waals surface area contributed by atoms with Crippen molar-refractivity contribution in [2.75, 3.05) is 4.43 Å². The minimum atomic E-state index is 0.836. The van der Waals surface area contributed by atoms with E-state index < -0.39 is 0 Å². The van der Waals surface area contributed by atoms with Gasteiger partial charge in [0.25, 0.3) is 0 Å². The maximum atomic E-state index is 5.78. The van der Waals surface area contributed by atoms with E-state index in [2.05, 4.69) is 28.7 Å².